The Kier molecular flexibility index (Phi) is 5.52. The maximum atomic E-state index is 11.5. The summed E-state index contributed by atoms with van der Waals surface area (Å²) in [6, 6.07) is 0. The Bertz CT molecular complexity index is 361. The van der Waals surface area contributed by atoms with Gasteiger partial charge in [-0.3, -0.25) is 0 Å². The third-order valence-corrected chi connectivity index (χ3v) is 2.60. The smallest absolute Gasteiger partial charge is 0.360 e. The molecule has 0 aliphatic heterocycles. The molecule has 5 nitrogen and oxygen atoms in total. The summed E-state index contributed by atoms with van der Waals surface area (Å²) in [7, 11) is 0. The van der Waals surface area contributed by atoms with E-state index in [9.17, 15) is 4.79 Å². The quantitative estimate of drug-likeness (QED) is 0.585. The van der Waals surface area contributed by atoms with Gasteiger partial charge in [0, 0.05) is 6.54 Å². The van der Waals surface area contributed by atoms with Crippen molar-refractivity contribution in [1.82, 2.24) is 9.55 Å². The Labute approximate surface area is 102 Å². The van der Waals surface area contributed by atoms with Gasteiger partial charge in [-0.15, -0.1) is 0 Å². The van der Waals surface area contributed by atoms with Gasteiger partial charge < -0.3 is 15.0 Å². The zero-order chi connectivity index (χ0) is 12.7. The van der Waals surface area contributed by atoms with Gasteiger partial charge >= 0.3 is 5.97 Å². The van der Waals surface area contributed by atoms with E-state index in [2.05, 4.69) is 11.9 Å². The van der Waals surface area contributed by atoms with Gasteiger partial charge in [-0.05, 0) is 13.3 Å². The van der Waals surface area contributed by atoms with Crippen LogP contribution >= 0.6 is 0 Å². The first-order valence-corrected chi connectivity index (χ1v) is 6.18. The zero-order valence-electron chi connectivity index (χ0n) is 10.6. The van der Waals surface area contributed by atoms with E-state index >= 15 is 0 Å². The highest BCUT2D eigenvalue weighted by atomic mass is 16.5. The molecule has 0 unspecified atom stereocenters. The number of carbonyl (C=O) groups excluding carboxylic acids is 1. The maximum absolute atomic E-state index is 11.5. The van der Waals surface area contributed by atoms with E-state index in [1.807, 2.05) is 4.57 Å². The molecule has 0 aromatic carbocycles. The van der Waals surface area contributed by atoms with Crippen LogP contribution in [0, 0.1) is 0 Å². The summed E-state index contributed by atoms with van der Waals surface area (Å²) in [5, 5.41) is 0. The summed E-state index contributed by atoms with van der Waals surface area (Å²) in [5.41, 5.74) is 6.07. The summed E-state index contributed by atoms with van der Waals surface area (Å²) < 4.78 is 6.68. The van der Waals surface area contributed by atoms with Gasteiger partial charge in [-0.1, -0.05) is 26.2 Å². The first-order chi connectivity index (χ1) is 8.20. The number of esters is 1. The first kappa shape index (κ1) is 13.5. The van der Waals surface area contributed by atoms with Crippen LogP contribution in [0.1, 0.15) is 50.0 Å². The molecule has 0 saturated carbocycles. The molecule has 0 aliphatic carbocycles. The van der Waals surface area contributed by atoms with Crippen molar-refractivity contribution in [2.75, 3.05) is 12.3 Å². The van der Waals surface area contributed by atoms with Crippen LogP contribution < -0.4 is 5.73 Å². The van der Waals surface area contributed by atoms with Crippen LogP contribution in [0.5, 0.6) is 0 Å². The number of ether oxygens (including phenoxy) is 1. The minimum Gasteiger partial charge on any atom is -0.461 e. The second kappa shape index (κ2) is 6.93. The monoisotopic (exact) mass is 239 g/mol. The Morgan fingerprint density at radius 3 is 2.82 bits per heavy atom. The summed E-state index contributed by atoms with van der Waals surface area (Å²) in [5.74, 6) is -0.0442. The highest BCUT2D eigenvalue weighted by Gasteiger charge is 2.16. The van der Waals surface area contributed by atoms with Crippen molar-refractivity contribution in [3.05, 3.63) is 12.0 Å². The molecule has 5 heteroatoms. The Balaban J connectivity index is 2.54. The van der Waals surface area contributed by atoms with Gasteiger partial charge in [-0.2, -0.15) is 0 Å². The molecule has 1 heterocycles. The van der Waals surface area contributed by atoms with Crippen molar-refractivity contribution in [2.24, 2.45) is 0 Å². The molecule has 0 amide bonds. The number of hydrogen-bond acceptors (Lipinski definition) is 4. The molecule has 96 valence electrons. The van der Waals surface area contributed by atoms with Crippen molar-refractivity contribution in [3.63, 3.8) is 0 Å². The lowest BCUT2D eigenvalue weighted by Gasteiger charge is -2.05. The molecule has 0 aliphatic rings. The predicted molar refractivity (Wildman–Crippen MR) is 66.7 cm³/mol. The number of hydrogen-bond donors (Lipinski definition) is 1. The largest absolute Gasteiger partial charge is 0.461 e. The third-order valence-electron chi connectivity index (χ3n) is 2.60. The van der Waals surface area contributed by atoms with E-state index in [-0.39, 0.29) is 5.69 Å². The number of unbranched alkanes of at least 4 members (excludes halogenated alkanes) is 3. The fraction of sp³-hybridized carbons (Fsp3) is 0.667. The van der Waals surface area contributed by atoms with Crippen LogP contribution in [0.25, 0.3) is 0 Å². The van der Waals surface area contributed by atoms with Crippen molar-refractivity contribution in [2.45, 2.75) is 46.1 Å². The first-order valence-electron chi connectivity index (χ1n) is 6.18. The highest BCUT2D eigenvalue weighted by molar-refractivity contribution is 5.92. The van der Waals surface area contributed by atoms with Gasteiger partial charge in [0.2, 0.25) is 0 Å². The Morgan fingerprint density at radius 2 is 2.18 bits per heavy atom. The van der Waals surface area contributed by atoms with Crippen molar-refractivity contribution in [3.8, 4) is 0 Å². The average Bonchev–Trinajstić information content (AvgIpc) is 2.67. The summed E-state index contributed by atoms with van der Waals surface area (Å²) in [6.07, 6.45) is 6.25. The predicted octanol–water partition coefficient (Wildman–Crippen LogP) is 2.22. The second-order valence-corrected chi connectivity index (χ2v) is 3.95. The number of carbonyl (C=O) groups is 1. The minimum atomic E-state index is -0.447. The van der Waals surface area contributed by atoms with E-state index in [1.165, 1.54) is 19.3 Å². The number of rotatable bonds is 7. The molecule has 17 heavy (non-hydrogen) atoms. The van der Waals surface area contributed by atoms with Crippen LogP contribution in [0.3, 0.4) is 0 Å². The minimum absolute atomic E-state index is 0.224. The normalized spacial score (nSPS) is 10.5. The van der Waals surface area contributed by atoms with Gasteiger partial charge in [0.1, 0.15) is 5.82 Å². The SMILES string of the molecule is CCCCCCn1cnc(C(=O)OCC)c1N. The molecular weight excluding hydrogens is 218 g/mol. The van der Waals surface area contributed by atoms with Crippen LogP contribution in [-0.2, 0) is 11.3 Å². The van der Waals surface area contributed by atoms with E-state index in [0.717, 1.165) is 13.0 Å². The lowest BCUT2D eigenvalue weighted by Crippen LogP contribution is -2.10. The Hall–Kier alpha value is -1.52. The standard InChI is InChI=1S/C12H21N3O2/c1-3-5-6-7-8-15-9-14-10(11(15)13)12(16)17-4-2/h9H,3-8,13H2,1-2H3. The van der Waals surface area contributed by atoms with Gasteiger partial charge in [0.25, 0.3) is 0 Å². The number of nitrogen functional groups attached to an aromatic ring is 1. The van der Waals surface area contributed by atoms with Crippen LogP contribution in [0.4, 0.5) is 5.82 Å². The van der Waals surface area contributed by atoms with Gasteiger partial charge in [0.05, 0.1) is 12.9 Å². The average molecular weight is 239 g/mol. The summed E-state index contributed by atoms with van der Waals surface area (Å²) in [6.45, 7) is 5.07. The van der Waals surface area contributed by atoms with E-state index in [1.54, 1.807) is 13.3 Å². The molecule has 0 radical (unpaired) electrons. The molecule has 1 aromatic heterocycles. The molecule has 0 saturated heterocycles. The topological polar surface area (TPSA) is 70.1 Å². The van der Waals surface area contributed by atoms with Gasteiger partial charge in [0.15, 0.2) is 5.69 Å². The zero-order valence-corrected chi connectivity index (χ0v) is 10.6. The summed E-state index contributed by atoms with van der Waals surface area (Å²) >= 11 is 0. The molecule has 0 fully saturated rings. The lowest BCUT2D eigenvalue weighted by molar-refractivity contribution is 0.0521. The molecular formula is C12H21N3O2. The van der Waals surface area contributed by atoms with Crippen LogP contribution in [0.2, 0.25) is 0 Å². The highest BCUT2D eigenvalue weighted by Crippen LogP contribution is 2.13. The van der Waals surface area contributed by atoms with E-state index < -0.39 is 5.97 Å². The fourth-order valence-electron chi connectivity index (χ4n) is 1.64. The fourth-order valence-corrected chi connectivity index (χ4v) is 1.64. The summed E-state index contributed by atoms with van der Waals surface area (Å²) in [4.78, 5) is 15.5. The number of anilines is 1. The maximum Gasteiger partial charge on any atom is 0.360 e. The van der Waals surface area contributed by atoms with Crippen molar-refractivity contribution >= 4 is 11.8 Å². The molecule has 1 aromatic rings. The molecule has 0 bridgehead atoms. The number of nitrogens with two attached hydrogens (primary N) is 1. The van der Waals surface area contributed by atoms with Crippen molar-refractivity contribution < 1.29 is 9.53 Å². The van der Waals surface area contributed by atoms with Crippen molar-refractivity contribution in [1.29, 1.82) is 0 Å². The van der Waals surface area contributed by atoms with Crippen LogP contribution in [-0.4, -0.2) is 22.1 Å². The van der Waals surface area contributed by atoms with Gasteiger partial charge in [-0.25, -0.2) is 9.78 Å². The third kappa shape index (κ3) is 3.76. The van der Waals surface area contributed by atoms with E-state index in [0.29, 0.717) is 12.4 Å². The number of aromatic nitrogens is 2. The van der Waals surface area contributed by atoms with E-state index in [4.69, 9.17) is 10.5 Å². The lowest BCUT2D eigenvalue weighted by atomic mass is 10.2. The molecule has 0 atom stereocenters. The number of aryl methyl sites for hydroxylation is 1. The molecule has 2 N–H and O–H groups in total. The molecule has 1 rings (SSSR count). The second-order valence-electron chi connectivity index (χ2n) is 3.95. The van der Waals surface area contributed by atoms with Crippen LogP contribution in [0.15, 0.2) is 6.33 Å². The number of nitrogens with zero attached hydrogens (tertiary/aromatic N) is 2. The number of imidazole rings is 1. The molecule has 0 spiro atoms. The Morgan fingerprint density at radius 1 is 1.41 bits per heavy atom.